The van der Waals surface area contributed by atoms with Crippen molar-refractivity contribution < 1.29 is 9.15 Å². The maximum absolute atomic E-state index is 12.6. The first-order chi connectivity index (χ1) is 13.5. The fraction of sp³-hybridized carbons (Fsp3) is 0.333. The first kappa shape index (κ1) is 19.9. The second-order valence-electron chi connectivity index (χ2n) is 7.09. The van der Waals surface area contributed by atoms with Crippen molar-refractivity contribution in [1.82, 2.24) is 15.2 Å². The van der Waals surface area contributed by atoms with Crippen LogP contribution in [0.15, 0.2) is 51.9 Å². The number of hydrogen-bond donors (Lipinski definition) is 2. The molecule has 0 aliphatic heterocycles. The van der Waals surface area contributed by atoms with Crippen LogP contribution >= 0.6 is 12.2 Å². The molecule has 148 valence electrons. The van der Waals surface area contributed by atoms with Crippen LogP contribution in [0.3, 0.4) is 0 Å². The molecule has 0 aliphatic rings. The fourth-order valence-corrected chi connectivity index (χ4v) is 3.09. The molecule has 0 unspecified atom stereocenters. The van der Waals surface area contributed by atoms with Crippen molar-refractivity contribution in [2.24, 2.45) is 5.92 Å². The van der Waals surface area contributed by atoms with E-state index in [1.807, 2.05) is 41.3 Å². The molecule has 0 atom stereocenters. The quantitative estimate of drug-likeness (QED) is 0.591. The predicted octanol–water partition coefficient (Wildman–Crippen LogP) is 3.66. The number of methoxy groups -OCH3 is 1. The fourth-order valence-electron chi connectivity index (χ4n) is 2.87. The van der Waals surface area contributed by atoms with Gasteiger partial charge in [0, 0.05) is 23.0 Å². The van der Waals surface area contributed by atoms with Crippen LogP contribution in [-0.2, 0) is 13.1 Å². The van der Waals surface area contributed by atoms with E-state index in [1.165, 1.54) is 0 Å². The van der Waals surface area contributed by atoms with E-state index in [0.29, 0.717) is 29.7 Å². The molecule has 3 aromatic rings. The van der Waals surface area contributed by atoms with Gasteiger partial charge in [0.25, 0.3) is 5.56 Å². The predicted molar refractivity (Wildman–Crippen MR) is 115 cm³/mol. The number of thiocarbonyl (C=S) groups is 1. The second kappa shape index (κ2) is 8.93. The Hall–Kier alpha value is -2.80. The first-order valence-corrected chi connectivity index (χ1v) is 9.62. The molecule has 7 heteroatoms. The third-order valence-electron chi connectivity index (χ3n) is 4.37. The van der Waals surface area contributed by atoms with Crippen LogP contribution in [0.1, 0.15) is 25.2 Å². The van der Waals surface area contributed by atoms with E-state index in [4.69, 9.17) is 21.4 Å². The zero-order valence-corrected chi connectivity index (χ0v) is 17.1. The average Bonchev–Trinajstić information content (AvgIpc) is 3.18. The van der Waals surface area contributed by atoms with Crippen LogP contribution in [0.4, 0.5) is 0 Å². The number of benzene rings is 1. The zero-order chi connectivity index (χ0) is 20.1. The number of nitrogens with one attached hydrogen (secondary N) is 2. The molecule has 3 rings (SSSR count). The molecule has 28 heavy (non-hydrogen) atoms. The molecule has 1 aromatic carbocycles. The Morgan fingerprint density at radius 2 is 2.11 bits per heavy atom. The number of aromatic nitrogens is 1. The van der Waals surface area contributed by atoms with Gasteiger partial charge >= 0.3 is 0 Å². The van der Waals surface area contributed by atoms with Crippen molar-refractivity contribution in [2.45, 2.75) is 26.9 Å². The third kappa shape index (κ3) is 4.92. The van der Waals surface area contributed by atoms with Crippen LogP contribution < -0.4 is 15.6 Å². The van der Waals surface area contributed by atoms with Crippen LogP contribution in [0.25, 0.3) is 10.9 Å². The van der Waals surface area contributed by atoms with Gasteiger partial charge in [-0.2, -0.15) is 0 Å². The van der Waals surface area contributed by atoms with E-state index >= 15 is 0 Å². The van der Waals surface area contributed by atoms with Crippen molar-refractivity contribution in [2.75, 3.05) is 13.7 Å². The van der Waals surface area contributed by atoms with Crippen LogP contribution in [0.5, 0.6) is 5.75 Å². The van der Waals surface area contributed by atoms with E-state index in [-0.39, 0.29) is 5.56 Å². The van der Waals surface area contributed by atoms with Crippen molar-refractivity contribution >= 4 is 28.2 Å². The Bertz CT molecular complexity index is 996. The summed E-state index contributed by atoms with van der Waals surface area (Å²) in [6, 6.07) is 11.2. The lowest BCUT2D eigenvalue weighted by atomic mass is 10.1. The van der Waals surface area contributed by atoms with E-state index in [1.54, 1.807) is 13.4 Å². The number of fused-ring (bicyclic) bond motifs is 1. The molecular weight excluding hydrogens is 374 g/mol. The highest BCUT2D eigenvalue weighted by Crippen LogP contribution is 2.19. The smallest absolute Gasteiger partial charge is 0.253 e. The molecule has 0 amide bonds. The molecule has 2 heterocycles. The third-order valence-corrected chi connectivity index (χ3v) is 4.77. The maximum Gasteiger partial charge on any atom is 0.253 e. The topological polar surface area (TPSA) is 70.5 Å². The lowest BCUT2D eigenvalue weighted by Gasteiger charge is -2.25. The standard InChI is InChI=1S/C21H25N3O3S/c1-14(2)11-22-21(28)24(13-18-5-4-8-27-18)12-16-9-15-10-17(26-3)6-7-19(15)23-20(16)25/h4-10,14H,11-13H2,1-3H3,(H,22,28)(H,23,25). The number of aromatic amines is 1. The van der Waals surface area contributed by atoms with Gasteiger partial charge in [-0.25, -0.2) is 0 Å². The molecule has 0 radical (unpaired) electrons. The highest BCUT2D eigenvalue weighted by Gasteiger charge is 2.15. The number of nitrogens with zero attached hydrogens (tertiary/aromatic N) is 1. The number of H-pyrrole nitrogens is 1. The van der Waals surface area contributed by atoms with Gasteiger partial charge in [0.05, 0.1) is 26.5 Å². The Morgan fingerprint density at radius 1 is 1.29 bits per heavy atom. The molecular formula is C21H25N3O3S. The van der Waals surface area contributed by atoms with Gasteiger partial charge in [-0.3, -0.25) is 4.79 Å². The minimum absolute atomic E-state index is 0.131. The molecule has 0 bridgehead atoms. The maximum atomic E-state index is 12.6. The molecule has 0 saturated heterocycles. The Morgan fingerprint density at radius 3 is 2.79 bits per heavy atom. The summed E-state index contributed by atoms with van der Waals surface area (Å²) in [6.45, 7) is 5.85. The minimum atomic E-state index is -0.131. The van der Waals surface area contributed by atoms with Crippen molar-refractivity contribution in [3.05, 3.63) is 64.3 Å². The van der Waals surface area contributed by atoms with Crippen molar-refractivity contribution in [3.8, 4) is 5.75 Å². The van der Waals surface area contributed by atoms with Gasteiger partial charge in [-0.05, 0) is 54.5 Å². The highest BCUT2D eigenvalue weighted by molar-refractivity contribution is 7.80. The van der Waals surface area contributed by atoms with Gasteiger partial charge in [0.15, 0.2) is 5.11 Å². The number of pyridine rings is 1. The molecule has 0 spiro atoms. The van der Waals surface area contributed by atoms with Gasteiger partial charge < -0.3 is 24.4 Å². The summed E-state index contributed by atoms with van der Waals surface area (Å²) in [6.07, 6.45) is 1.63. The normalized spacial score (nSPS) is 11.0. The summed E-state index contributed by atoms with van der Waals surface area (Å²) in [4.78, 5) is 17.5. The average molecular weight is 400 g/mol. The lowest BCUT2D eigenvalue weighted by Crippen LogP contribution is -2.41. The van der Waals surface area contributed by atoms with E-state index in [2.05, 4.69) is 24.1 Å². The molecule has 0 fully saturated rings. The Labute approximate surface area is 169 Å². The second-order valence-corrected chi connectivity index (χ2v) is 7.48. The van der Waals surface area contributed by atoms with Gasteiger partial charge in [-0.1, -0.05) is 13.8 Å². The summed E-state index contributed by atoms with van der Waals surface area (Å²) < 4.78 is 10.8. The molecule has 6 nitrogen and oxygen atoms in total. The molecule has 0 saturated carbocycles. The van der Waals surface area contributed by atoms with Crippen LogP contribution in [0, 0.1) is 5.92 Å². The monoisotopic (exact) mass is 399 g/mol. The number of hydrogen-bond acceptors (Lipinski definition) is 4. The largest absolute Gasteiger partial charge is 0.497 e. The summed E-state index contributed by atoms with van der Waals surface area (Å²) in [5.41, 5.74) is 1.27. The summed E-state index contributed by atoms with van der Waals surface area (Å²) in [5, 5.41) is 4.78. The summed E-state index contributed by atoms with van der Waals surface area (Å²) in [7, 11) is 1.62. The summed E-state index contributed by atoms with van der Waals surface area (Å²) >= 11 is 5.59. The van der Waals surface area contributed by atoms with Crippen molar-refractivity contribution in [1.29, 1.82) is 0 Å². The number of furan rings is 1. The Kier molecular flexibility index (Phi) is 6.36. The van der Waals surface area contributed by atoms with Gasteiger partial charge in [0.1, 0.15) is 11.5 Å². The highest BCUT2D eigenvalue weighted by atomic mass is 32.1. The zero-order valence-electron chi connectivity index (χ0n) is 16.3. The minimum Gasteiger partial charge on any atom is -0.497 e. The SMILES string of the molecule is COc1ccc2[nH]c(=O)c(CN(Cc3ccco3)C(=S)NCC(C)C)cc2c1. The van der Waals surface area contributed by atoms with E-state index in [0.717, 1.165) is 29.0 Å². The van der Waals surface area contributed by atoms with Crippen molar-refractivity contribution in [3.63, 3.8) is 0 Å². The Balaban J connectivity index is 1.89. The molecule has 0 aliphatic carbocycles. The van der Waals surface area contributed by atoms with Crippen LogP contribution in [-0.4, -0.2) is 28.7 Å². The van der Waals surface area contributed by atoms with E-state index < -0.39 is 0 Å². The number of ether oxygens (including phenoxy) is 1. The van der Waals surface area contributed by atoms with E-state index in [9.17, 15) is 4.79 Å². The summed E-state index contributed by atoms with van der Waals surface area (Å²) in [5.74, 6) is 1.99. The van der Waals surface area contributed by atoms with Crippen LogP contribution in [0.2, 0.25) is 0 Å². The first-order valence-electron chi connectivity index (χ1n) is 9.21. The van der Waals surface area contributed by atoms with Gasteiger partial charge in [-0.15, -0.1) is 0 Å². The lowest BCUT2D eigenvalue weighted by molar-refractivity contribution is 0.348. The number of rotatable bonds is 7. The molecule has 2 N–H and O–H groups in total. The molecule has 2 aromatic heterocycles. The van der Waals surface area contributed by atoms with Gasteiger partial charge in [0.2, 0.25) is 0 Å².